The summed E-state index contributed by atoms with van der Waals surface area (Å²) in [5.41, 5.74) is 0.501. The fraction of sp³-hybridized carbons (Fsp3) is 0.316. The predicted octanol–water partition coefficient (Wildman–Crippen LogP) is 3.50. The first kappa shape index (κ1) is 21.1. The molecule has 0 aliphatic rings. The fourth-order valence-electron chi connectivity index (χ4n) is 2.26. The van der Waals surface area contributed by atoms with E-state index in [4.69, 9.17) is 4.74 Å². The van der Waals surface area contributed by atoms with Crippen LogP contribution in [0.2, 0.25) is 0 Å². The van der Waals surface area contributed by atoms with Gasteiger partial charge in [-0.1, -0.05) is 6.07 Å². The van der Waals surface area contributed by atoms with Gasteiger partial charge >= 0.3 is 0 Å². The molecular formula is C19H24N2O4S2. The van der Waals surface area contributed by atoms with Crippen molar-refractivity contribution in [2.45, 2.75) is 42.7 Å². The average Bonchev–Trinajstić information content (AvgIpc) is 2.61. The molecule has 0 unspecified atom stereocenters. The summed E-state index contributed by atoms with van der Waals surface area (Å²) < 4.78 is 33.2. The Morgan fingerprint density at radius 1 is 1.07 bits per heavy atom. The number of rotatable bonds is 8. The van der Waals surface area contributed by atoms with Crippen LogP contribution in [0.5, 0.6) is 5.75 Å². The highest BCUT2D eigenvalue weighted by Crippen LogP contribution is 2.23. The van der Waals surface area contributed by atoms with Crippen molar-refractivity contribution in [3.8, 4) is 5.75 Å². The molecule has 0 spiro atoms. The van der Waals surface area contributed by atoms with Gasteiger partial charge in [-0.15, -0.1) is 11.8 Å². The number of carbonyl (C=O) groups is 1. The number of hydrogen-bond donors (Lipinski definition) is 2. The van der Waals surface area contributed by atoms with E-state index in [0.29, 0.717) is 11.4 Å². The molecule has 1 amide bonds. The molecule has 0 aromatic heterocycles. The number of benzene rings is 2. The van der Waals surface area contributed by atoms with Crippen molar-refractivity contribution in [2.24, 2.45) is 0 Å². The van der Waals surface area contributed by atoms with Gasteiger partial charge in [0, 0.05) is 16.6 Å². The zero-order chi connectivity index (χ0) is 20.0. The van der Waals surface area contributed by atoms with Gasteiger partial charge in [0.15, 0.2) is 6.10 Å². The maximum atomic E-state index is 12.5. The SMILES string of the molecule is CSc1cccc(NS(=O)(=O)c2ccc(O[C@@H](C)C(=O)NC(C)C)cc2)c1. The minimum Gasteiger partial charge on any atom is -0.481 e. The van der Waals surface area contributed by atoms with Gasteiger partial charge in [-0.2, -0.15) is 0 Å². The van der Waals surface area contributed by atoms with Crippen LogP contribution in [0.4, 0.5) is 5.69 Å². The third-order valence-corrected chi connectivity index (χ3v) is 5.69. The summed E-state index contributed by atoms with van der Waals surface area (Å²) in [6.45, 7) is 5.38. The van der Waals surface area contributed by atoms with Crippen LogP contribution in [0.3, 0.4) is 0 Å². The van der Waals surface area contributed by atoms with E-state index >= 15 is 0 Å². The smallest absolute Gasteiger partial charge is 0.261 e. The molecule has 0 heterocycles. The summed E-state index contributed by atoms with van der Waals surface area (Å²) in [5.74, 6) is 0.196. The molecular weight excluding hydrogens is 384 g/mol. The Bertz CT molecular complexity index is 881. The molecule has 0 radical (unpaired) electrons. The Morgan fingerprint density at radius 3 is 2.33 bits per heavy atom. The molecule has 0 aliphatic heterocycles. The second-order valence-electron chi connectivity index (χ2n) is 6.23. The van der Waals surface area contributed by atoms with Crippen molar-refractivity contribution in [1.29, 1.82) is 0 Å². The van der Waals surface area contributed by atoms with Crippen molar-refractivity contribution < 1.29 is 17.9 Å². The van der Waals surface area contributed by atoms with E-state index in [9.17, 15) is 13.2 Å². The number of anilines is 1. The third-order valence-electron chi connectivity index (χ3n) is 3.57. The molecule has 2 N–H and O–H groups in total. The van der Waals surface area contributed by atoms with Crippen LogP contribution in [0.25, 0.3) is 0 Å². The molecule has 2 aromatic rings. The molecule has 0 saturated carbocycles. The van der Waals surface area contributed by atoms with Crippen molar-refractivity contribution in [2.75, 3.05) is 11.0 Å². The summed E-state index contributed by atoms with van der Waals surface area (Å²) in [4.78, 5) is 13.0. The summed E-state index contributed by atoms with van der Waals surface area (Å²) in [6.07, 6.45) is 1.25. The van der Waals surface area contributed by atoms with Crippen molar-refractivity contribution in [1.82, 2.24) is 5.32 Å². The van der Waals surface area contributed by atoms with Crippen molar-refractivity contribution >= 4 is 33.4 Å². The standard InChI is InChI=1S/C19H24N2O4S2/c1-13(2)20-19(22)14(3)25-16-8-10-18(11-9-16)27(23,24)21-15-6-5-7-17(12-15)26-4/h5-14,21H,1-4H3,(H,20,22)/t14-/m0/s1. The topological polar surface area (TPSA) is 84.5 Å². The first-order chi connectivity index (χ1) is 12.7. The highest BCUT2D eigenvalue weighted by Gasteiger charge is 2.17. The Hall–Kier alpha value is -2.19. The summed E-state index contributed by atoms with van der Waals surface area (Å²) in [6, 6.07) is 13.2. The zero-order valence-electron chi connectivity index (χ0n) is 15.7. The van der Waals surface area contributed by atoms with E-state index in [1.54, 1.807) is 25.1 Å². The van der Waals surface area contributed by atoms with E-state index in [0.717, 1.165) is 4.90 Å². The van der Waals surface area contributed by atoms with Crippen LogP contribution < -0.4 is 14.8 Å². The van der Waals surface area contributed by atoms with Crippen molar-refractivity contribution in [3.63, 3.8) is 0 Å². The zero-order valence-corrected chi connectivity index (χ0v) is 17.4. The van der Waals surface area contributed by atoms with Crippen molar-refractivity contribution in [3.05, 3.63) is 48.5 Å². The minimum atomic E-state index is -3.71. The molecule has 27 heavy (non-hydrogen) atoms. The number of carbonyl (C=O) groups excluding carboxylic acids is 1. The first-order valence-corrected chi connectivity index (χ1v) is 11.2. The third kappa shape index (κ3) is 6.18. The lowest BCUT2D eigenvalue weighted by Gasteiger charge is -2.16. The average molecular weight is 409 g/mol. The first-order valence-electron chi connectivity index (χ1n) is 8.45. The lowest BCUT2D eigenvalue weighted by molar-refractivity contribution is -0.127. The maximum absolute atomic E-state index is 12.5. The van der Waals surface area contributed by atoms with Gasteiger partial charge in [-0.05, 0) is 69.5 Å². The van der Waals surface area contributed by atoms with E-state index in [1.165, 1.54) is 36.0 Å². The largest absolute Gasteiger partial charge is 0.481 e. The van der Waals surface area contributed by atoms with Crippen LogP contribution >= 0.6 is 11.8 Å². The van der Waals surface area contributed by atoms with Gasteiger partial charge < -0.3 is 10.1 Å². The van der Waals surface area contributed by atoms with E-state index in [2.05, 4.69) is 10.0 Å². The molecule has 0 bridgehead atoms. The summed E-state index contributed by atoms with van der Waals surface area (Å²) in [5, 5.41) is 2.76. The van der Waals surface area contributed by atoms with Gasteiger partial charge in [0.05, 0.1) is 4.90 Å². The highest BCUT2D eigenvalue weighted by molar-refractivity contribution is 7.98. The Labute approximate surface area is 164 Å². The number of thioether (sulfide) groups is 1. The second-order valence-corrected chi connectivity index (χ2v) is 8.79. The lowest BCUT2D eigenvalue weighted by atomic mass is 10.3. The quantitative estimate of drug-likeness (QED) is 0.653. The van der Waals surface area contributed by atoms with Gasteiger partial charge in [0.25, 0.3) is 15.9 Å². The number of nitrogens with one attached hydrogen (secondary N) is 2. The van der Waals surface area contributed by atoms with Crippen LogP contribution in [-0.2, 0) is 14.8 Å². The van der Waals surface area contributed by atoms with Gasteiger partial charge in [0.2, 0.25) is 0 Å². The van der Waals surface area contributed by atoms with E-state index in [1.807, 2.05) is 26.2 Å². The van der Waals surface area contributed by atoms with Gasteiger partial charge in [-0.25, -0.2) is 8.42 Å². The summed E-state index contributed by atoms with van der Waals surface area (Å²) >= 11 is 1.53. The number of sulfonamides is 1. The minimum absolute atomic E-state index is 0.0201. The second kappa shape index (κ2) is 9.14. The van der Waals surface area contributed by atoms with Crippen LogP contribution in [0.1, 0.15) is 20.8 Å². The normalized spacial score (nSPS) is 12.5. The molecule has 6 nitrogen and oxygen atoms in total. The number of hydrogen-bond acceptors (Lipinski definition) is 5. The molecule has 0 aliphatic carbocycles. The Balaban J connectivity index is 2.07. The maximum Gasteiger partial charge on any atom is 0.261 e. The number of ether oxygens (including phenoxy) is 1. The van der Waals surface area contributed by atoms with E-state index < -0.39 is 16.1 Å². The lowest BCUT2D eigenvalue weighted by Crippen LogP contribution is -2.40. The molecule has 146 valence electrons. The molecule has 0 fully saturated rings. The van der Waals surface area contributed by atoms with Gasteiger partial charge in [0.1, 0.15) is 5.75 Å². The van der Waals surface area contributed by atoms with Crippen LogP contribution in [-0.4, -0.2) is 32.7 Å². The Kier molecular flexibility index (Phi) is 7.15. The molecule has 2 aromatic carbocycles. The van der Waals surface area contributed by atoms with Crippen LogP contribution in [0.15, 0.2) is 58.3 Å². The van der Waals surface area contributed by atoms with Crippen LogP contribution in [0, 0.1) is 0 Å². The predicted molar refractivity (Wildman–Crippen MR) is 109 cm³/mol. The molecule has 1 atom stereocenters. The van der Waals surface area contributed by atoms with Gasteiger partial charge in [-0.3, -0.25) is 9.52 Å². The van der Waals surface area contributed by atoms with E-state index in [-0.39, 0.29) is 16.8 Å². The molecule has 8 heteroatoms. The summed E-state index contributed by atoms with van der Waals surface area (Å²) in [7, 11) is -3.71. The Morgan fingerprint density at radius 2 is 1.74 bits per heavy atom. The highest BCUT2D eigenvalue weighted by atomic mass is 32.2. The monoisotopic (exact) mass is 408 g/mol. The number of amides is 1. The fourth-order valence-corrected chi connectivity index (χ4v) is 3.77. The molecule has 2 rings (SSSR count). The molecule has 0 saturated heterocycles.